The van der Waals surface area contributed by atoms with Gasteiger partial charge in [-0.05, 0) is 37.8 Å². The van der Waals surface area contributed by atoms with Crippen molar-refractivity contribution in [3.63, 3.8) is 0 Å². The lowest BCUT2D eigenvalue weighted by Crippen LogP contribution is -2.56. The van der Waals surface area contributed by atoms with Crippen LogP contribution in [0, 0.1) is 16.2 Å². The third kappa shape index (κ3) is 3.02. The number of aliphatic carboxylic acids is 1. The minimum Gasteiger partial charge on any atom is -0.481 e. The predicted octanol–water partition coefficient (Wildman–Crippen LogP) is 3.81. The fourth-order valence-corrected chi connectivity index (χ4v) is 5.53. The van der Waals surface area contributed by atoms with E-state index in [1.165, 1.54) is 0 Å². The minimum absolute atomic E-state index is 0.151. The van der Waals surface area contributed by atoms with E-state index in [9.17, 15) is 19.6 Å². The van der Waals surface area contributed by atoms with Crippen LogP contribution in [0.3, 0.4) is 0 Å². The van der Waals surface area contributed by atoms with Crippen LogP contribution in [0.2, 0.25) is 0 Å². The van der Waals surface area contributed by atoms with E-state index in [0.29, 0.717) is 17.7 Å². The molecule has 160 valence electrons. The molecule has 2 aliphatic heterocycles. The summed E-state index contributed by atoms with van der Waals surface area (Å²) in [4.78, 5) is 37.9. The number of hydrogen-bond acceptors (Lipinski definition) is 4. The number of carboxylic acids is 1. The number of fused-ring (bicyclic) bond motifs is 2. The van der Waals surface area contributed by atoms with Crippen molar-refractivity contribution in [2.75, 3.05) is 6.54 Å². The Kier molecular flexibility index (Phi) is 4.39. The van der Waals surface area contributed by atoms with Gasteiger partial charge in [0.05, 0.1) is 10.8 Å². The number of ether oxygens (including phenoxy) is 1. The molecule has 0 bridgehead atoms. The second-order valence-electron chi connectivity index (χ2n) is 9.14. The van der Waals surface area contributed by atoms with E-state index in [1.807, 2.05) is 48.5 Å². The van der Waals surface area contributed by atoms with Crippen LogP contribution in [-0.4, -0.2) is 33.8 Å². The maximum Gasteiger partial charge on any atom is 0.306 e. The van der Waals surface area contributed by atoms with Gasteiger partial charge in [0.15, 0.2) is 5.54 Å². The summed E-state index contributed by atoms with van der Waals surface area (Å²) in [5.74, 6) is -0.290. The number of hydrazine groups is 1. The molecule has 0 radical (unpaired) electrons. The van der Waals surface area contributed by atoms with E-state index in [1.54, 1.807) is 6.92 Å². The van der Waals surface area contributed by atoms with Gasteiger partial charge in [0, 0.05) is 22.5 Å². The average molecular weight is 421 g/mol. The lowest BCUT2D eigenvalue weighted by Gasteiger charge is -2.38. The summed E-state index contributed by atoms with van der Waals surface area (Å²) in [5, 5.41) is 9.51. The number of nitrogens with zero attached hydrogens (tertiary/aromatic N) is 1. The largest absolute Gasteiger partial charge is 0.481 e. The standard InChI is InChI=1S/C24H24N2O5/c1-15(22(28)29)12-23(10-11-23)24(21(27)14-26(30)25-24)13-18-16-6-2-4-8-19(16)31-20-9-5-3-7-17(18)20/h2-9,15,18H,10-14H2,1H3,(H-,25,28,29,30)/p+1. The quantitative estimate of drug-likeness (QED) is 0.689. The number of carboxylic acid groups (broad SMARTS) is 1. The van der Waals surface area contributed by atoms with Gasteiger partial charge in [-0.25, -0.2) is 0 Å². The molecule has 1 aliphatic carbocycles. The predicted molar refractivity (Wildman–Crippen MR) is 112 cm³/mol. The number of nitroso groups, excluding NO2 is 1. The van der Waals surface area contributed by atoms with Gasteiger partial charge in [0.25, 0.3) is 6.54 Å². The molecule has 2 aromatic rings. The van der Waals surface area contributed by atoms with Crippen molar-refractivity contribution in [2.45, 2.75) is 44.1 Å². The molecule has 1 saturated heterocycles. The van der Waals surface area contributed by atoms with Crippen LogP contribution in [0.5, 0.6) is 11.5 Å². The Bertz CT molecular complexity index is 1050. The number of benzene rings is 2. The first-order valence-electron chi connectivity index (χ1n) is 10.7. The summed E-state index contributed by atoms with van der Waals surface area (Å²) in [6.45, 7) is 1.44. The van der Waals surface area contributed by atoms with E-state index in [0.717, 1.165) is 35.5 Å². The van der Waals surface area contributed by atoms with Crippen molar-refractivity contribution in [1.82, 2.24) is 5.43 Å². The summed E-state index contributed by atoms with van der Waals surface area (Å²) >= 11 is 0. The normalized spacial score (nSPS) is 24.5. The van der Waals surface area contributed by atoms with Gasteiger partial charge in [-0.3, -0.25) is 9.59 Å². The number of nitrogens with one attached hydrogen (secondary N) is 1. The molecule has 2 atom stereocenters. The average Bonchev–Trinajstić information content (AvgIpc) is 3.47. The first-order valence-corrected chi connectivity index (χ1v) is 10.7. The summed E-state index contributed by atoms with van der Waals surface area (Å²) in [5.41, 5.74) is 3.28. The smallest absolute Gasteiger partial charge is 0.306 e. The lowest BCUT2D eigenvalue weighted by atomic mass is 9.67. The monoisotopic (exact) mass is 421 g/mol. The fourth-order valence-electron chi connectivity index (χ4n) is 5.53. The van der Waals surface area contributed by atoms with E-state index >= 15 is 0 Å². The highest BCUT2D eigenvalue weighted by atomic mass is 16.5. The number of rotatable bonds is 6. The van der Waals surface area contributed by atoms with Gasteiger partial charge in [-0.1, -0.05) is 43.3 Å². The molecule has 0 aromatic heterocycles. The highest BCUT2D eigenvalue weighted by Crippen LogP contribution is 2.62. The van der Waals surface area contributed by atoms with Crippen LogP contribution >= 0.6 is 0 Å². The molecule has 0 spiro atoms. The first kappa shape index (κ1) is 19.7. The first-order chi connectivity index (χ1) is 14.9. The molecule has 7 heteroatoms. The van der Waals surface area contributed by atoms with Crippen molar-refractivity contribution in [3.05, 3.63) is 64.6 Å². The molecule has 2 N–H and O–H groups in total. The zero-order valence-electron chi connectivity index (χ0n) is 17.3. The van der Waals surface area contributed by atoms with E-state index in [4.69, 9.17) is 4.74 Å². The number of hydrogen-bond donors (Lipinski definition) is 2. The van der Waals surface area contributed by atoms with Crippen molar-refractivity contribution >= 4 is 11.8 Å². The van der Waals surface area contributed by atoms with Crippen LogP contribution in [0.4, 0.5) is 0 Å². The van der Waals surface area contributed by atoms with Crippen molar-refractivity contribution in [3.8, 4) is 11.5 Å². The maximum absolute atomic E-state index is 13.4. The zero-order valence-corrected chi connectivity index (χ0v) is 17.3. The van der Waals surface area contributed by atoms with Crippen LogP contribution in [0.1, 0.15) is 49.7 Å². The number of carbonyl (C=O) groups excluding carboxylic acids is 1. The van der Waals surface area contributed by atoms with Crippen LogP contribution in [0.25, 0.3) is 0 Å². The molecular formula is C24H25N2O5+. The molecule has 5 rings (SSSR count). The highest BCUT2D eigenvalue weighted by molar-refractivity contribution is 5.92. The molecule has 2 heterocycles. The van der Waals surface area contributed by atoms with Gasteiger partial charge in [0.1, 0.15) is 16.4 Å². The Morgan fingerprint density at radius 3 is 2.23 bits per heavy atom. The highest BCUT2D eigenvalue weighted by Gasteiger charge is 2.70. The third-order valence-corrected chi connectivity index (χ3v) is 7.28. The van der Waals surface area contributed by atoms with Crippen LogP contribution < -0.4 is 10.2 Å². The third-order valence-electron chi connectivity index (χ3n) is 7.28. The van der Waals surface area contributed by atoms with Gasteiger partial charge in [-0.15, -0.1) is 5.43 Å². The molecule has 2 aromatic carbocycles. The fraction of sp³-hybridized carbons (Fsp3) is 0.417. The lowest BCUT2D eigenvalue weighted by molar-refractivity contribution is -0.592. The zero-order chi connectivity index (χ0) is 21.8. The minimum atomic E-state index is -1.10. The topological polar surface area (TPSA) is 95.7 Å². The maximum atomic E-state index is 13.4. The van der Waals surface area contributed by atoms with Crippen molar-refractivity contribution in [2.24, 2.45) is 11.3 Å². The van der Waals surface area contributed by atoms with E-state index < -0.39 is 22.8 Å². The molecule has 7 nitrogen and oxygen atoms in total. The molecule has 2 unspecified atom stereocenters. The molecule has 3 aliphatic rings. The number of para-hydroxylation sites is 2. The SMILES string of the molecule is CC(CC1(C2(CC3c4ccccc4Oc4ccccc43)N[N+](=O)CC2=O)CC1)C(=O)O. The molecule has 0 amide bonds. The summed E-state index contributed by atoms with van der Waals surface area (Å²) in [7, 11) is 0. The Labute approximate surface area is 180 Å². The van der Waals surface area contributed by atoms with Gasteiger partial charge in [-0.2, -0.15) is 0 Å². The molecule has 1 saturated carbocycles. The van der Waals surface area contributed by atoms with E-state index in [-0.39, 0.29) is 18.2 Å². The molecule has 31 heavy (non-hydrogen) atoms. The summed E-state index contributed by atoms with van der Waals surface area (Å²) < 4.78 is 6.10. The number of carbonyl (C=O) groups is 2. The second kappa shape index (κ2) is 6.90. The molecular weight excluding hydrogens is 396 g/mol. The number of Topliss-reactive ketones (excluding diaryl/α,β-unsaturated/α-hetero) is 1. The van der Waals surface area contributed by atoms with Gasteiger partial charge < -0.3 is 9.84 Å². The Hall–Kier alpha value is -3.22. The van der Waals surface area contributed by atoms with Crippen molar-refractivity contribution in [1.29, 1.82) is 0 Å². The second-order valence-corrected chi connectivity index (χ2v) is 9.14. The van der Waals surface area contributed by atoms with Gasteiger partial charge in [0.2, 0.25) is 5.78 Å². The van der Waals surface area contributed by atoms with Crippen LogP contribution in [0.15, 0.2) is 48.5 Å². The Balaban J connectivity index is 1.60. The Morgan fingerprint density at radius 2 is 1.74 bits per heavy atom. The molecule has 2 fully saturated rings. The summed E-state index contributed by atoms with van der Waals surface area (Å²) in [6.07, 6.45) is 2.20. The Morgan fingerprint density at radius 1 is 1.16 bits per heavy atom. The van der Waals surface area contributed by atoms with Crippen molar-refractivity contribution < 1.29 is 24.3 Å². The summed E-state index contributed by atoms with van der Waals surface area (Å²) in [6, 6.07) is 15.5. The van der Waals surface area contributed by atoms with Crippen LogP contribution in [-0.2, 0) is 9.59 Å². The van der Waals surface area contributed by atoms with Gasteiger partial charge >= 0.3 is 5.97 Å². The van der Waals surface area contributed by atoms with E-state index in [2.05, 4.69) is 5.43 Å². The number of ketones is 1.